The second-order valence-electron chi connectivity index (χ2n) is 3.04. The number of hydrogen-bond donors (Lipinski definition) is 1. The highest BCUT2D eigenvalue weighted by atomic mass is 32.2. The normalized spacial score (nSPS) is 11.8. The first-order valence-corrected chi connectivity index (χ1v) is 5.64. The van der Waals surface area contributed by atoms with Gasteiger partial charge in [-0.25, -0.2) is 5.14 Å². The van der Waals surface area contributed by atoms with Gasteiger partial charge < -0.3 is 0 Å². The van der Waals surface area contributed by atoms with Crippen LogP contribution < -0.4 is 10.7 Å². The molecular weight excluding hydrogens is 216 g/mol. The summed E-state index contributed by atoms with van der Waals surface area (Å²) in [6.45, 7) is 0. The Kier molecular flexibility index (Phi) is 2.09. The van der Waals surface area contributed by atoms with Gasteiger partial charge >= 0.3 is 10.2 Å². The molecule has 6 heteroatoms. The van der Waals surface area contributed by atoms with Crippen LogP contribution in [0.2, 0.25) is 0 Å². The molecule has 0 amide bonds. The maximum Gasteiger partial charge on any atom is 0.305 e. The van der Waals surface area contributed by atoms with Crippen LogP contribution in [0.3, 0.4) is 0 Å². The Morgan fingerprint density at radius 3 is 2.40 bits per heavy atom. The number of fused-ring (bicyclic) bond motifs is 1. The molecule has 2 aromatic rings. The van der Waals surface area contributed by atoms with Crippen molar-refractivity contribution in [3.63, 3.8) is 0 Å². The lowest BCUT2D eigenvalue weighted by molar-refractivity contribution is 0.589. The van der Waals surface area contributed by atoms with Crippen LogP contribution in [0.4, 0.5) is 0 Å². The molecule has 0 aliphatic rings. The maximum absolute atomic E-state index is 11.4. The predicted molar refractivity (Wildman–Crippen MR) is 56.7 cm³/mol. The molecule has 15 heavy (non-hydrogen) atoms. The van der Waals surface area contributed by atoms with Gasteiger partial charge in [-0.05, 0) is 17.5 Å². The van der Waals surface area contributed by atoms with Gasteiger partial charge in [-0.3, -0.25) is 4.79 Å². The van der Waals surface area contributed by atoms with Crippen LogP contribution in [0.5, 0.6) is 0 Å². The highest BCUT2D eigenvalue weighted by molar-refractivity contribution is 7.87. The molecule has 1 heterocycles. The Bertz CT molecular complexity index is 673. The molecule has 0 saturated heterocycles. The minimum Gasteiger partial charge on any atom is -0.268 e. The van der Waals surface area contributed by atoms with Gasteiger partial charge in [-0.1, -0.05) is 18.2 Å². The molecule has 0 saturated carbocycles. The molecule has 0 aliphatic heterocycles. The minimum absolute atomic E-state index is 0.285. The van der Waals surface area contributed by atoms with Gasteiger partial charge in [-0.2, -0.15) is 12.4 Å². The summed E-state index contributed by atoms with van der Waals surface area (Å²) in [5, 5.41) is 5.60. The molecule has 0 fully saturated rings. The summed E-state index contributed by atoms with van der Waals surface area (Å²) in [7, 11) is -4.06. The van der Waals surface area contributed by atoms with Crippen LogP contribution in [0.15, 0.2) is 41.2 Å². The summed E-state index contributed by atoms with van der Waals surface area (Å²) >= 11 is 0. The largest absolute Gasteiger partial charge is 0.305 e. The zero-order chi connectivity index (χ0) is 11.1. The molecule has 2 rings (SSSR count). The van der Waals surface area contributed by atoms with Gasteiger partial charge in [0.25, 0.3) is 5.56 Å². The van der Waals surface area contributed by atoms with Crippen molar-refractivity contribution in [2.24, 2.45) is 5.14 Å². The first-order valence-electron chi connectivity index (χ1n) is 4.14. The molecule has 1 aromatic heterocycles. The van der Waals surface area contributed by atoms with Gasteiger partial charge in [0.2, 0.25) is 0 Å². The van der Waals surface area contributed by atoms with Gasteiger partial charge in [0.15, 0.2) is 0 Å². The van der Waals surface area contributed by atoms with E-state index in [1.54, 1.807) is 24.3 Å². The number of nitrogens with two attached hydrogens (primary N) is 1. The SMILES string of the molecule is NS(=O)(=O)n1c(=O)ccc2ccccc21. The molecule has 0 spiro atoms. The fraction of sp³-hybridized carbons (Fsp3) is 0. The average molecular weight is 224 g/mol. The fourth-order valence-corrected chi connectivity index (χ4v) is 2.18. The smallest absolute Gasteiger partial charge is 0.268 e. The standard InChI is InChI=1S/C9H8N2O3S/c10-15(13,14)11-8-4-2-1-3-7(8)5-6-9(11)12/h1-6H,(H2,10,13,14). The Balaban J connectivity index is 3.06. The monoisotopic (exact) mass is 224 g/mol. The lowest BCUT2D eigenvalue weighted by atomic mass is 10.2. The number of benzene rings is 1. The Labute approximate surface area is 85.9 Å². The van der Waals surface area contributed by atoms with E-state index in [0.717, 1.165) is 0 Å². The average Bonchev–Trinajstić information content (AvgIpc) is 2.15. The van der Waals surface area contributed by atoms with E-state index < -0.39 is 15.8 Å². The number of para-hydroxylation sites is 1. The third-order valence-electron chi connectivity index (χ3n) is 2.02. The minimum atomic E-state index is -4.06. The zero-order valence-electron chi connectivity index (χ0n) is 7.62. The van der Waals surface area contributed by atoms with E-state index in [4.69, 9.17) is 5.14 Å². The first kappa shape index (κ1) is 9.88. The highest BCUT2D eigenvalue weighted by Gasteiger charge is 2.11. The van der Waals surface area contributed by atoms with E-state index in [9.17, 15) is 13.2 Å². The van der Waals surface area contributed by atoms with Gasteiger partial charge in [0.1, 0.15) is 0 Å². The van der Waals surface area contributed by atoms with Crippen LogP contribution in [0.1, 0.15) is 0 Å². The third-order valence-corrected chi connectivity index (χ3v) is 2.90. The van der Waals surface area contributed by atoms with E-state index in [-0.39, 0.29) is 5.52 Å². The molecule has 1 aromatic carbocycles. The van der Waals surface area contributed by atoms with Crippen molar-refractivity contribution in [3.05, 3.63) is 46.8 Å². The zero-order valence-corrected chi connectivity index (χ0v) is 8.44. The van der Waals surface area contributed by atoms with Crippen LogP contribution in [0, 0.1) is 0 Å². The summed E-state index contributed by atoms with van der Waals surface area (Å²) < 4.78 is 23.0. The quantitative estimate of drug-likeness (QED) is 0.743. The van der Waals surface area contributed by atoms with Crippen molar-refractivity contribution in [3.8, 4) is 0 Å². The number of aromatic nitrogens is 1. The fourth-order valence-electron chi connectivity index (χ4n) is 1.42. The summed E-state index contributed by atoms with van der Waals surface area (Å²) in [4.78, 5) is 11.4. The Morgan fingerprint density at radius 1 is 1.07 bits per heavy atom. The molecule has 0 radical (unpaired) electrons. The van der Waals surface area contributed by atoms with Gasteiger partial charge in [0.05, 0.1) is 5.52 Å². The summed E-state index contributed by atoms with van der Waals surface area (Å²) in [6.07, 6.45) is 0. The second kappa shape index (κ2) is 3.18. The van der Waals surface area contributed by atoms with Crippen molar-refractivity contribution >= 4 is 21.1 Å². The summed E-state index contributed by atoms with van der Waals surface area (Å²) in [5.41, 5.74) is -0.372. The van der Waals surface area contributed by atoms with Gasteiger partial charge in [0, 0.05) is 6.07 Å². The van der Waals surface area contributed by atoms with Crippen molar-refractivity contribution in [2.45, 2.75) is 0 Å². The van der Waals surface area contributed by atoms with E-state index in [2.05, 4.69) is 0 Å². The van der Waals surface area contributed by atoms with Crippen molar-refractivity contribution in [1.29, 1.82) is 0 Å². The Morgan fingerprint density at radius 2 is 1.73 bits per heavy atom. The number of rotatable bonds is 1. The molecule has 2 N–H and O–H groups in total. The molecule has 0 bridgehead atoms. The summed E-state index contributed by atoms with van der Waals surface area (Å²) in [6, 6.07) is 9.35. The van der Waals surface area contributed by atoms with E-state index in [0.29, 0.717) is 9.36 Å². The highest BCUT2D eigenvalue weighted by Crippen LogP contribution is 2.11. The topological polar surface area (TPSA) is 82.2 Å². The predicted octanol–water partition coefficient (Wildman–Crippen LogP) is 0.0531. The number of nitrogens with zero attached hydrogens (tertiary/aromatic N) is 1. The van der Waals surface area contributed by atoms with Crippen LogP contribution in [-0.2, 0) is 10.2 Å². The van der Waals surface area contributed by atoms with Crippen molar-refractivity contribution in [2.75, 3.05) is 0 Å². The molecule has 0 atom stereocenters. The second-order valence-corrected chi connectivity index (χ2v) is 4.43. The van der Waals surface area contributed by atoms with E-state index in [1.807, 2.05) is 0 Å². The third kappa shape index (κ3) is 1.64. The van der Waals surface area contributed by atoms with Crippen LogP contribution in [0.25, 0.3) is 10.9 Å². The molecule has 0 aliphatic carbocycles. The number of pyridine rings is 1. The maximum atomic E-state index is 11.4. The van der Waals surface area contributed by atoms with E-state index in [1.165, 1.54) is 12.1 Å². The molecule has 0 unspecified atom stereocenters. The van der Waals surface area contributed by atoms with Crippen LogP contribution >= 0.6 is 0 Å². The number of hydrogen-bond acceptors (Lipinski definition) is 3. The van der Waals surface area contributed by atoms with Crippen molar-refractivity contribution < 1.29 is 8.42 Å². The first-order chi connectivity index (χ1) is 7.00. The van der Waals surface area contributed by atoms with Crippen molar-refractivity contribution in [1.82, 2.24) is 3.97 Å². The van der Waals surface area contributed by atoms with Gasteiger partial charge in [-0.15, -0.1) is 0 Å². The molecular formula is C9H8N2O3S. The van der Waals surface area contributed by atoms with Crippen LogP contribution in [-0.4, -0.2) is 12.4 Å². The molecule has 5 nitrogen and oxygen atoms in total. The van der Waals surface area contributed by atoms with E-state index >= 15 is 0 Å². The molecule has 78 valence electrons. The lowest BCUT2D eigenvalue weighted by Gasteiger charge is -2.06. The summed E-state index contributed by atoms with van der Waals surface area (Å²) in [5.74, 6) is 0. The Hall–Kier alpha value is -1.66. The lowest BCUT2D eigenvalue weighted by Crippen LogP contribution is -2.32.